The highest BCUT2D eigenvalue weighted by atomic mass is 79.9. The number of amides is 1. The Morgan fingerprint density at radius 3 is 2.91 bits per heavy atom. The van der Waals surface area contributed by atoms with Crippen molar-refractivity contribution in [3.8, 4) is 5.75 Å². The Morgan fingerprint density at radius 1 is 1.50 bits per heavy atom. The molecule has 1 aromatic carbocycles. The summed E-state index contributed by atoms with van der Waals surface area (Å²) < 4.78 is 6.13. The highest BCUT2D eigenvalue weighted by Gasteiger charge is 2.22. The second kappa shape index (κ2) is 9.38. The molecule has 1 fully saturated rings. The van der Waals surface area contributed by atoms with Gasteiger partial charge in [0.2, 0.25) is 5.91 Å². The molecule has 2 N–H and O–H groups in total. The van der Waals surface area contributed by atoms with Crippen molar-refractivity contribution < 1.29 is 9.53 Å². The summed E-state index contributed by atoms with van der Waals surface area (Å²) >= 11 is 3.47. The van der Waals surface area contributed by atoms with Crippen molar-refractivity contribution in [1.29, 1.82) is 0 Å². The summed E-state index contributed by atoms with van der Waals surface area (Å²) in [5, 5.41) is 6.47. The number of rotatable bonds is 5. The van der Waals surface area contributed by atoms with Gasteiger partial charge in [-0.1, -0.05) is 13.0 Å². The molecule has 6 heteroatoms. The smallest absolute Gasteiger partial charge is 0.220 e. The molecule has 0 bridgehead atoms. The fourth-order valence-corrected chi connectivity index (χ4v) is 3.17. The van der Waals surface area contributed by atoms with E-state index in [1.165, 1.54) is 0 Å². The Morgan fingerprint density at radius 2 is 2.27 bits per heavy atom. The first kappa shape index (κ1) is 19.3. The van der Waals surface area contributed by atoms with Crippen LogP contribution in [0.4, 0.5) is 0 Å². The van der Waals surface area contributed by atoms with Gasteiger partial charge in [0.05, 0.1) is 11.6 Å². The molecule has 2 unspecified atom stereocenters. The maximum atomic E-state index is 12.1. The van der Waals surface area contributed by atoms with Crippen molar-refractivity contribution in [3.05, 3.63) is 28.2 Å². The molecule has 1 aromatic rings. The summed E-state index contributed by atoms with van der Waals surface area (Å²) in [6, 6.07) is 6.19. The minimum absolute atomic E-state index is 0. The zero-order chi connectivity index (χ0) is 15.2. The van der Waals surface area contributed by atoms with Gasteiger partial charge in [0.1, 0.15) is 5.75 Å². The van der Waals surface area contributed by atoms with Gasteiger partial charge < -0.3 is 15.4 Å². The van der Waals surface area contributed by atoms with Gasteiger partial charge in [-0.05, 0) is 58.9 Å². The van der Waals surface area contributed by atoms with Gasteiger partial charge in [-0.15, -0.1) is 12.4 Å². The monoisotopic (exact) mass is 390 g/mol. The van der Waals surface area contributed by atoms with Gasteiger partial charge >= 0.3 is 0 Å². The second-order valence-corrected chi connectivity index (χ2v) is 6.47. The number of halogens is 2. The molecule has 0 aliphatic carbocycles. The lowest BCUT2D eigenvalue weighted by atomic mass is 9.94. The van der Waals surface area contributed by atoms with E-state index in [9.17, 15) is 4.79 Å². The number of hydrogen-bond acceptors (Lipinski definition) is 3. The second-order valence-electron chi connectivity index (χ2n) is 5.61. The van der Waals surface area contributed by atoms with Crippen LogP contribution in [0.15, 0.2) is 22.7 Å². The minimum atomic E-state index is 0. The molecule has 124 valence electrons. The maximum Gasteiger partial charge on any atom is 0.220 e. The predicted octanol–water partition coefficient (Wildman–Crippen LogP) is 2.93. The standard InChI is InChI=1S/C16H23BrN2O2.ClH/c1-11-7-8-18-10-14(11)19-16(20)6-4-12-3-5-15(21-2)13(17)9-12;/h3,5,9,11,14,18H,4,6-8,10H2,1-2H3,(H,19,20);1H. The zero-order valence-electron chi connectivity index (χ0n) is 13.0. The number of carbonyl (C=O) groups is 1. The molecular weight excluding hydrogens is 368 g/mol. The number of carbonyl (C=O) groups excluding carboxylic acids is 1. The SMILES string of the molecule is COc1ccc(CCC(=O)NC2CNCCC2C)cc1Br.Cl. The average Bonchev–Trinajstić information content (AvgIpc) is 2.48. The number of aryl methyl sites for hydroxylation is 1. The molecule has 1 heterocycles. The number of benzene rings is 1. The van der Waals surface area contributed by atoms with Gasteiger partial charge in [-0.25, -0.2) is 0 Å². The van der Waals surface area contributed by atoms with E-state index in [0.717, 1.165) is 41.7 Å². The van der Waals surface area contributed by atoms with Crippen LogP contribution in [0.2, 0.25) is 0 Å². The first-order chi connectivity index (χ1) is 10.1. The largest absolute Gasteiger partial charge is 0.496 e. The molecule has 0 saturated carbocycles. The lowest BCUT2D eigenvalue weighted by Gasteiger charge is -2.30. The molecule has 4 nitrogen and oxygen atoms in total. The van der Waals surface area contributed by atoms with Gasteiger partial charge in [0.25, 0.3) is 0 Å². The Labute approximate surface area is 146 Å². The van der Waals surface area contributed by atoms with Crippen LogP contribution in [0.25, 0.3) is 0 Å². The Hall–Kier alpha value is -0.780. The van der Waals surface area contributed by atoms with E-state index < -0.39 is 0 Å². The highest BCUT2D eigenvalue weighted by molar-refractivity contribution is 9.10. The number of piperidine rings is 1. The van der Waals surface area contributed by atoms with Gasteiger partial charge in [-0.3, -0.25) is 4.79 Å². The van der Waals surface area contributed by atoms with Crippen LogP contribution in [0, 0.1) is 5.92 Å². The van der Waals surface area contributed by atoms with Crippen LogP contribution in [-0.2, 0) is 11.2 Å². The lowest BCUT2D eigenvalue weighted by molar-refractivity contribution is -0.122. The molecular formula is C16H24BrClN2O2. The van der Waals surface area contributed by atoms with Crippen molar-refractivity contribution in [2.24, 2.45) is 5.92 Å². The topological polar surface area (TPSA) is 50.4 Å². The molecule has 2 atom stereocenters. The summed E-state index contributed by atoms with van der Waals surface area (Å²) in [6.07, 6.45) is 2.38. The number of methoxy groups -OCH3 is 1. The first-order valence-corrected chi connectivity index (χ1v) is 8.22. The highest BCUT2D eigenvalue weighted by Crippen LogP contribution is 2.26. The molecule has 0 spiro atoms. The number of nitrogens with one attached hydrogen (secondary N) is 2. The summed E-state index contributed by atoms with van der Waals surface area (Å²) in [5.74, 6) is 1.48. The Kier molecular flexibility index (Phi) is 8.21. The van der Waals surface area contributed by atoms with E-state index >= 15 is 0 Å². The summed E-state index contributed by atoms with van der Waals surface area (Å²) in [5.41, 5.74) is 1.13. The van der Waals surface area contributed by atoms with E-state index in [1.54, 1.807) is 7.11 Å². The van der Waals surface area contributed by atoms with Gasteiger partial charge in [-0.2, -0.15) is 0 Å². The summed E-state index contributed by atoms with van der Waals surface area (Å²) in [6.45, 7) is 4.13. The van der Waals surface area contributed by atoms with Gasteiger partial charge in [0.15, 0.2) is 0 Å². The fourth-order valence-electron chi connectivity index (χ4n) is 2.59. The van der Waals surface area contributed by atoms with Crippen molar-refractivity contribution in [2.75, 3.05) is 20.2 Å². The predicted molar refractivity (Wildman–Crippen MR) is 94.8 cm³/mol. The molecule has 1 saturated heterocycles. The molecule has 0 radical (unpaired) electrons. The molecule has 1 aliphatic rings. The normalized spacial score (nSPS) is 20.9. The first-order valence-electron chi connectivity index (χ1n) is 7.42. The maximum absolute atomic E-state index is 12.1. The van der Waals surface area contributed by atoms with E-state index in [4.69, 9.17) is 4.74 Å². The molecule has 2 rings (SSSR count). The van der Waals surface area contributed by atoms with Crippen LogP contribution in [0.1, 0.15) is 25.3 Å². The van der Waals surface area contributed by atoms with Crippen molar-refractivity contribution >= 4 is 34.2 Å². The van der Waals surface area contributed by atoms with Crippen LogP contribution in [0.3, 0.4) is 0 Å². The van der Waals surface area contributed by atoms with Crippen LogP contribution < -0.4 is 15.4 Å². The van der Waals surface area contributed by atoms with E-state index in [0.29, 0.717) is 12.3 Å². The quantitative estimate of drug-likeness (QED) is 0.811. The third-order valence-electron chi connectivity index (χ3n) is 4.03. The average molecular weight is 392 g/mol. The molecule has 22 heavy (non-hydrogen) atoms. The van der Waals surface area contributed by atoms with E-state index in [-0.39, 0.29) is 24.4 Å². The summed E-state index contributed by atoms with van der Waals surface area (Å²) in [7, 11) is 1.65. The van der Waals surface area contributed by atoms with Crippen molar-refractivity contribution in [2.45, 2.75) is 32.2 Å². The zero-order valence-corrected chi connectivity index (χ0v) is 15.4. The Balaban J connectivity index is 0.00000242. The molecule has 1 aliphatic heterocycles. The third-order valence-corrected chi connectivity index (χ3v) is 4.65. The number of ether oxygens (including phenoxy) is 1. The van der Waals surface area contributed by atoms with Crippen LogP contribution in [-0.4, -0.2) is 32.1 Å². The van der Waals surface area contributed by atoms with E-state index in [2.05, 4.69) is 33.5 Å². The van der Waals surface area contributed by atoms with Gasteiger partial charge in [0, 0.05) is 19.0 Å². The number of hydrogen-bond donors (Lipinski definition) is 2. The third kappa shape index (κ3) is 5.45. The van der Waals surface area contributed by atoms with Crippen molar-refractivity contribution in [1.82, 2.24) is 10.6 Å². The summed E-state index contributed by atoms with van der Waals surface area (Å²) in [4.78, 5) is 12.1. The van der Waals surface area contributed by atoms with Crippen molar-refractivity contribution in [3.63, 3.8) is 0 Å². The van der Waals surface area contributed by atoms with E-state index in [1.807, 2.05) is 18.2 Å². The molecule has 0 aromatic heterocycles. The van der Waals surface area contributed by atoms with Crippen LogP contribution in [0.5, 0.6) is 5.75 Å². The van der Waals surface area contributed by atoms with Crippen LogP contribution >= 0.6 is 28.3 Å². The minimum Gasteiger partial charge on any atom is -0.496 e. The fraction of sp³-hybridized carbons (Fsp3) is 0.562. The lowest BCUT2D eigenvalue weighted by Crippen LogP contribution is -2.50. The Bertz CT molecular complexity index is 499. The molecule has 1 amide bonds.